The van der Waals surface area contributed by atoms with Crippen LogP contribution >= 0.6 is 0 Å². The van der Waals surface area contributed by atoms with E-state index in [1.54, 1.807) is 0 Å². The summed E-state index contributed by atoms with van der Waals surface area (Å²) in [5, 5.41) is 8.05. The zero-order valence-electron chi connectivity index (χ0n) is 12.9. The lowest BCUT2D eigenvalue weighted by Crippen LogP contribution is -1.83. The van der Waals surface area contributed by atoms with Crippen molar-refractivity contribution in [2.45, 2.75) is 20.8 Å². The summed E-state index contributed by atoms with van der Waals surface area (Å²) < 4.78 is 0. The zero-order valence-corrected chi connectivity index (χ0v) is 12.9. The summed E-state index contributed by atoms with van der Waals surface area (Å²) in [5.74, 6) is 0. The second kappa shape index (κ2) is 5.57. The molecule has 0 N–H and O–H groups in total. The minimum Gasteiger partial charge on any atom is -0.0683 e. The van der Waals surface area contributed by atoms with Crippen LogP contribution in [0.25, 0.3) is 32.3 Å². The molecule has 0 saturated heterocycles. The summed E-state index contributed by atoms with van der Waals surface area (Å²) >= 11 is 0. The Morgan fingerprint density at radius 3 is 2.05 bits per heavy atom. The Morgan fingerprint density at radius 1 is 0.524 bits per heavy atom. The topological polar surface area (TPSA) is 0 Å². The van der Waals surface area contributed by atoms with Crippen LogP contribution in [0.3, 0.4) is 0 Å². The summed E-state index contributed by atoms with van der Waals surface area (Å²) in [6.07, 6.45) is 0. The number of hydrogen-bond donors (Lipinski definition) is 0. The molecule has 0 bridgehead atoms. The molecular formula is C21H20. The number of benzene rings is 4. The van der Waals surface area contributed by atoms with Crippen LogP contribution in [-0.4, -0.2) is 0 Å². The molecular weight excluding hydrogens is 252 g/mol. The SMILES string of the molecule is CC.Cc1cccc2c1ccc1ccc3ccccc3c12. The van der Waals surface area contributed by atoms with E-state index >= 15 is 0 Å². The highest BCUT2D eigenvalue weighted by molar-refractivity contribution is 6.20. The molecule has 0 aliphatic rings. The fraction of sp³-hybridized carbons (Fsp3) is 0.143. The van der Waals surface area contributed by atoms with Crippen LogP contribution in [0.15, 0.2) is 66.7 Å². The number of hydrogen-bond acceptors (Lipinski definition) is 0. The van der Waals surface area contributed by atoms with Gasteiger partial charge in [-0.2, -0.15) is 0 Å². The molecule has 0 spiro atoms. The maximum Gasteiger partial charge on any atom is -0.00267 e. The Morgan fingerprint density at radius 2 is 1.19 bits per heavy atom. The normalized spacial score (nSPS) is 10.6. The first-order valence-corrected chi connectivity index (χ1v) is 7.64. The molecule has 0 atom stereocenters. The predicted octanol–water partition coefficient (Wildman–Crippen LogP) is 6.48. The molecule has 0 unspecified atom stereocenters. The van der Waals surface area contributed by atoms with Crippen molar-refractivity contribution < 1.29 is 0 Å². The summed E-state index contributed by atoms with van der Waals surface area (Å²) in [6.45, 7) is 6.18. The lowest BCUT2D eigenvalue weighted by molar-refractivity contribution is 1.50. The van der Waals surface area contributed by atoms with Gasteiger partial charge in [0, 0.05) is 0 Å². The molecule has 0 heteroatoms. The van der Waals surface area contributed by atoms with Crippen molar-refractivity contribution in [3.63, 3.8) is 0 Å². The molecule has 0 radical (unpaired) electrons. The third-order valence-corrected chi connectivity index (χ3v) is 3.98. The van der Waals surface area contributed by atoms with E-state index < -0.39 is 0 Å². The average Bonchev–Trinajstić information content (AvgIpc) is 2.56. The highest BCUT2D eigenvalue weighted by atomic mass is 14.1. The Kier molecular flexibility index (Phi) is 3.62. The van der Waals surface area contributed by atoms with Crippen molar-refractivity contribution in [1.82, 2.24) is 0 Å². The Labute approximate surface area is 126 Å². The third-order valence-electron chi connectivity index (χ3n) is 3.98. The van der Waals surface area contributed by atoms with E-state index in [1.165, 1.54) is 37.9 Å². The Balaban J connectivity index is 0.000000636. The maximum absolute atomic E-state index is 2.24. The highest BCUT2D eigenvalue weighted by Gasteiger charge is 2.05. The number of fused-ring (bicyclic) bond motifs is 5. The van der Waals surface area contributed by atoms with Crippen LogP contribution in [-0.2, 0) is 0 Å². The van der Waals surface area contributed by atoms with Gasteiger partial charge in [0.2, 0.25) is 0 Å². The maximum atomic E-state index is 2.24. The van der Waals surface area contributed by atoms with Crippen molar-refractivity contribution in [3.05, 3.63) is 72.3 Å². The second-order valence-corrected chi connectivity index (χ2v) is 5.12. The molecule has 0 saturated carbocycles. The van der Waals surface area contributed by atoms with Crippen LogP contribution in [0.5, 0.6) is 0 Å². The van der Waals surface area contributed by atoms with Gasteiger partial charge in [0.05, 0.1) is 0 Å². The summed E-state index contributed by atoms with van der Waals surface area (Å²) in [7, 11) is 0. The van der Waals surface area contributed by atoms with Gasteiger partial charge in [-0.15, -0.1) is 0 Å². The summed E-state index contributed by atoms with van der Waals surface area (Å²) in [6, 6.07) is 24.1. The second-order valence-electron chi connectivity index (χ2n) is 5.12. The molecule has 0 amide bonds. The van der Waals surface area contributed by atoms with E-state index in [9.17, 15) is 0 Å². The Hall–Kier alpha value is -2.34. The molecule has 0 aliphatic carbocycles. The van der Waals surface area contributed by atoms with Crippen molar-refractivity contribution in [2.75, 3.05) is 0 Å². The first-order valence-electron chi connectivity index (χ1n) is 7.64. The van der Waals surface area contributed by atoms with Gasteiger partial charge in [-0.05, 0) is 44.8 Å². The van der Waals surface area contributed by atoms with Crippen molar-refractivity contribution >= 4 is 32.3 Å². The van der Waals surface area contributed by atoms with Gasteiger partial charge in [0.25, 0.3) is 0 Å². The first kappa shape index (κ1) is 13.6. The van der Waals surface area contributed by atoms with Crippen LogP contribution in [0, 0.1) is 6.92 Å². The molecule has 0 heterocycles. The lowest BCUT2D eigenvalue weighted by atomic mass is 9.95. The van der Waals surface area contributed by atoms with Crippen molar-refractivity contribution in [2.24, 2.45) is 0 Å². The van der Waals surface area contributed by atoms with Gasteiger partial charge in [0.15, 0.2) is 0 Å². The molecule has 0 nitrogen and oxygen atoms in total. The summed E-state index contributed by atoms with van der Waals surface area (Å²) in [5.41, 5.74) is 1.34. The third kappa shape index (κ3) is 2.17. The van der Waals surface area contributed by atoms with Gasteiger partial charge in [-0.3, -0.25) is 0 Å². The number of rotatable bonds is 0. The molecule has 4 aromatic carbocycles. The van der Waals surface area contributed by atoms with Crippen molar-refractivity contribution in [1.29, 1.82) is 0 Å². The minimum absolute atomic E-state index is 1.31. The molecule has 4 aromatic rings. The van der Waals surface area contributed by atoms with Crippen molar-refractivity contribution in [3.8, 4) is 0 Å². The van der Waals surface area contributed by atoms with Gasteiger partial charge >= 0.3 is 0 Å². The predicted molar refractivity (Wildman–Crippen MR) is 95.0 cm³/mol. The van der Waals surface area contributed by atoms with E-state index in [1.807, 2.05) is 13.8 Å². The quantitative estimate of drug-likeness (QED) is 0.321. The standard InChI is InChI=1S/C19H14.C2H6/c1-13-5-4-8-18-16(13)12-11-15-10-9-14-6-2-3-7-17(14)19(15)18;1-2/h2-12H,1H3;1-2H3. The number of aryl methyl sites for hydroxylation is 1. The van der Waals surface area contributed by atoms with Gasteiger partial charge in [-0.1, -0.05) is 80.6 Å². The molecule has 0 fully saturated rings. The van der Waals surface area contributed by atoms with E-state index in [4.69, 9.17) is 0 Å². The zero-order chi connectivity index (χ0) is 14.8. The fourth-order valence-corrected chi connectivity index (χ4v) is 3.02. The molecule has 4 rings (SSSR count). The smallest absolute Gasteiger partial charge is 0.00267 e. The molecule has 0 aromatic heterocycles. The van der Waals surface area contributed by atoms with Crippen LogP contribution < -0.4 is 0 Å². The average molecular weight is 272 g/mol. The largest absolute Gasteiger partial charge is 0.0683 e. The highest BCUT2D eigenvalue weighted by Crippen LogP contribution is 2.32. The fourth-order valence-electron chi connectivity index (χ4n) is 3.02. The van der Waals surface area contributed by atoms with Gasteiger partial charge in [0.1, 0.15) is 0 Å². The molecule has 21 heavy (non-hydrogen) atoms. The Bertz CT molecular complexity index is 917. The van der Waals surface area contributed by atoms with Gasteiger partial charge < -0.3 is 0 Å². The van der Waals surface area contributed by atoms with Crippen LogP contribution in [0.1, 0.15) is 19.4 Å². The lowest BCUT2D eigenvalue weighted by Gasteiger charge is -2.09. The first-order chi connectivity index (χ1) is 10.3. The summed E-state index contributed by atoms with van der Waals surface area (Å²) in [4.78, 5) is 0. The molecule has 104 valence electrons. The van der Waals surface area contributed by atoms with Crippen LogP contribution in [0.2, 0.25) is 0 Å². The van der Waals surface area contributed by atoms with E-state index in [2.05, 4.69) is 73.7 Å². The molecule has 0 aliphatic heterocycles. The minimum atomic E-state index is 1.31. The van der Waals surface area contributed by atoms with E-state index in [0.717, 1.165) is 0 Å². The van der Waals surface area contributed by atoms with Gasteiger partial charge in [-0.25, -0.2) is 0 Å². The van der Waals surface area contributed by atoms with Crippen LogP contribution in [0.4, 0.5) is 0 Å². The van der Waals surface area contributed by atoms with E-state index in [0.29, 0.717) is 0 Å². The van der Waals surface area contributed by atoms with E-state index in [-0.39, 0.29) is 0 Å². The monoisotopic (exact) mass is 272 g/mol.